The van der Waals surface area contributed by atoms with Crippen molar-refractivity contribution in [1.82, 2.24) is 4.90 Å². The number of esters is 1. The molecule has 1 aliphatic rings. The number of carbonyl (C=O) groups is 3. The van der Waals surface area contributed by atoms with Crippen LogP contribution < -0.4 is 5.32 Å². The molecule has 0 aromatic heterocycles. The summed E-state index contributed by atoms with van der Waals surface area (Å²) in [7, 11) is 1.31. The first kappa shape index (κ1) is 20.5. The summed E-state index contributed by atoms with van der Waals surface area (Å²) < 4.78 is 18.4. The predicted molar refractivity (Wildman–Crippen MR) is 106 cm³/mol. The van der Waals surface area contributed by atoms with Gasteiger partial charge in [-0.3, -0.25) is 9.59 Å². The van der Waals surface area contributed by atoms with Gasteiger partial charge in [-0.2, -0.15) is 0 Å². The van der Waals surface area contributed by atoms with Gasteiger partial charge in [-0.1, -0.05) is 18.2 Å². The lowest BCUT2D eigenvalue weighted by atomic mass is 9.95. The summed E-state index contributed by atoms with van der Waals surface area (Å²) in [5.74, 6) is -1.26. The fourth-order valence-corrected chi connectivity index (χ4v) is 3.36. The van der Waals surface area contributed by atoms with Crippen LogP contribution in [0.1, 0.15) is 28.8 Å². The standard InChI is InChI=1S/C22H23FN2O4/c1-29-22(28)16-6-8-18(9-7-16)24-21(27)15-10-12-25(13-11-15)20(26)14-17-4-2-3-5-19(17)23/h2-9,15H,10-14H2,1H3,(H,24,27). The third-order valence-corrected chi connectivity index (χ3v) is 5.09. The molecular weight excluding hydrogens is 375 g/mol. The molecule has 1 N–H and O–H groups in total. The fourth-order valence-electron chi connectivity index (χ4n) is 3.36. The van der Waals surface area contributed by atoms with Gasteiger partial charge in [0, 0.05) is 24.7 Å². The van der Waals surface area contributed by atoms with Crippen molar-refractivity contribution in [3.63, 3.8) is 0 Å². The van der Waals surface area contributed by atoms with Crippen molar-refractivity contribution in [2.24, 2.45) is 5.92 Å². The third-order valence-electron chi connectivity index (χ3n) is 5.09. The van der Waals surface area contributed by atoms with Gasteiger partial charge in [-0.05, 0) is 48.7 Å². The first-order chi connectivity index (χ1) is 14.0. The maximum atomic E-state index is 13.7. The Morgan fingerprint density at radius 1 is 1.07 bits per heavy atom. The van der Waals surface area contributed by atoms with Crippen molar-refractivity contribution in [3.8, 4) is 0 Å². The number of nitrogens with zero attached hydrogens (tertiary/aromatic N) is 1. The number of likely N-dealkylation sites (tertiary alicyclic amines) is 1. The summed E-state index contributed by atoms with van der Waals surface area (Å²) in [6.07, 6.45) is 1.13. The summed E-state index contributed by atoms with van der Waals surface area (Å²) in [6.45, 7) is 0.930. The van der Waals surface area contributed by atoms with E-state index in [9.17, 15) is 18.8 Å². The second-order valence-electron chi connectivity index (χ2n) is 6.98. The Labute approximate surface area is 168 Å². The SMILES string of the molecule is COC(=O)c1ccc(NC(=O)C2CCN(C(=O)Cc3ccccc3F)CC2)cc1. The van der Waals surface area contributed by atoms with E-state index in [1.165, 1.54) is 13.2 Å². The van der Waals surface area contributed by atoms with E-state index in [-0.39, 0.29) is 30.0 Å². The highest BCUT2D eigenvalue weighted by molar-refractivity contribution is 5.94. The zero-order valence-corrected chi connectivity index (χ0v) is 16.2. The van der Waals surface area contributed by atoms with E-state index < -0.39 is 5.97 Å². The van der Waals surface area contributed by atoms with Crippen LogP contribution in [-0.4, -0.2) is 42.9 Å². The molecule has 0 unspecified atom stereocenters. The number of hydrogen-bond acceptors (Lipinski definition) is 4. The van der Waals surface area contributed by atoms with Crippen LogP contribution in [0.15, 0.2) is 48.5 Å². The highest BCUT2D eigenvalue weighted by atomic mass is 19.1. The largest absolute Gasteiger partial charge is 0.465 e. The maximum Gasteiger partial charge on any atom is 0.337 e. The maximum absolute atomic E-state index is 13.7. The quantitative estimate of drug-likeness (QED) is 0.786. The highest BCUT2D eigenvalue weighted by Crippen LogP contribution is 2.21. The first-order valence-electron chi connectivity index (χ1n) is 9.48. The van der Waals surface area contributed by atoms with Crippen molar-refractivity contribution in [1.29, 1.82) is 0 Å². The molecule has 6 nitrogen and oxygen atoms in total. The number of halogens is 1. The van der Waals surface area contributed by atoms with Gasteiger partial charge in [0.25, 0.3) is 0 Å². The average molecular weight is 398 g/mol. The molecule has 0 saturated carbocycles. The molecule has 0 aliphatic carbocycles. The molecule has 7 heteroatoms. The van der Waals surface area contributed by atoms with Crippen molar-refractivity contribution >= 4 is 23.5 Å². The lowest BCUT2D eigenvalue weighted by Gasteiger charge is -2.31. The van der Waals surface area contributed by atoms with Crippen molar-refractivity contribution in [2.45, 2.75) is 19.3 Å². The number of anilines is 1. The van der Waals surface area contributed by atoms with Crippen molar-refractivity contribution in [3.05, 3.63) is 65.5 Å². The van der Waals surface area contributed by atoms with Crippen LogP contribution in [0.2, 0.25) is 0 Å². The monoisotopic (exact) mass is 398 g/mol. The van der Waals surface area contributed by atoms with E-state index in [1.807, 2.05) is 0 Å². The number of carbonyl (C=O) groups excluding carboxylic acids is 3. The molecule has 1 heterocycles. The van der Waals surface area contributed by atoms with Gasteiger partial charge in [0.15, 0.2) is 0 Å². The molecule has 1 aliphatic heterocycles. The molecule has 29 heavy (non-hydrogen) atoms. The first-order valence-corrected chi connectivity index (χ1v) is 9.48. The molecule has 3 rings (SSSR count). The molecule has 0 atom stereocenters. The van der Waals surface area contributed by atoms with E-state index in [0.717, 1.165) is 0 Å². The zero-order chi connectivity index (χ0) is 20.8. The minimum atomic E-state index is -0.435. The Morgan fingerprint density at radius 3 is 2.34 bits per heavy atom. The lowest BCUT2D eigenvalue weighted by molar-refractivity contribution is -0.133. The number of hydrogen-bond donors (Lipinski definition) is 1. The van der Waals surface area contributed by atoms with Crippen LogP contribution in [0.3, 0.4) is 0 Å². The smallest absolute Gasteiger partial charge is 0.337 e. The van der Waals surface area contributed by atoms with Gasteiger partial charge >= 0.3 is 5.97 Å². The van der Waals surface area contributed by atoms with Crippen LogP contribution in [0.5, 0.6) is 0 Å². The number of piperidine rings is 1. The Kier molecular flexibility index (Phi) is 6.59. The number of ether oxygens (including phenoxy) is 1. The Morgan fingerprint density at radius 2 is 1.72 bits per heavy atom. The van der Waals surface area contributed by atoms with Gasteiger partial charge in [-0.25, -0.2) is 9.18 Å². The highest BCUT2D eigenvalue weighted by Gasteiger charge is 2.27. The molecule has 152 valence electrons. The number of amides is 2. The molecule has 2 aromatic carbocycles. The van der Waals surface area contributed by atoms with Gasteiger partial charge in [0.1, 0.15) is 5.82 Å². The lowest BCUT2D eigenvalue weighted by Crippen LogP contribution is -2.42. The summed E-state index contributed by atoms with van der Waals surface area (Å²) >= 11 is 0. The van der Waals surface area contributed by atoms with Crippen LogP contribution in [-0.2, 0) is 20.7 Å². The van der Waals surface area contributed by atoms with E-state index >= 15 is 0 Å². The second kappa shape index (κ2) is 9.32. The van der Waals surface area contributed by atoms with Crippen LogP contribution >= 0.6 is 0 Å². The van der Waals surface area contributed by atoms with Crippen LogP contribution in [0.4, 0.5) is 10.1 Å². The molecule has 2 aromatic rings. The second-order valence-corrected chi connectivity index (χ2v) is 6.98. The van der Waals surface area contributed by atoms with Crippen LogP contribution in [0.25, 0.3) is 0 Å². The summed E-state index contributed by atoms with van der Waals surface area (Å²) in [4.78, 5) is 38.1. The van der Waals surface area contributed by atoms with E-state index in [0.29, 0.717) is 42.7 Å². The van der Waals surface area contributed by atoms with Gasteiger partial charge < -0.3 is 15.0 Å². The van der Waals surface area contributed by atoms with Gasteiger partial charge in [-0.15, -0.1) is 0 Å². The van der Waals surface area contributed by atoms with E-state index in [1.54, 1.807) is 47.4 Å². The number of methoxy groups -OCH3 is 1. The molecule has 0 bridgehead atoms. The van der Waals surface area contributed by atoms with E-state index in [4.69, 9.17) is 0 Å². The summed E-state index contributed by atoms with van der Waals surface area (Å²) in [6, 6.07) is 12.7. The van der Waals surface area contributed by atoms with Gasteiger partial charge in [0.2, 0.25) is 11.8 Å². The number of nitrogens with one attached hydrogen (secondary N) is 1. The zero-order valence-electron chi connectivity index (χ0n) is 16.2. The number of rotatable bonds is 5. The summed E-state index contributed by atoms with van der Waals surface area (Å²) in [5, 5.41) is 2.84. The topological polar surface area (TPSA) is 75.7 Å². The minimum Gasteiger partial charge on any atom is -0.465 e. The molecule has 1 saturated heterocycles. The Bertz CT molecular complexity index is 890. The number of benzene rings is 2. The van der Waals surface area contributed by atoms with Crippen molar-refractivity contribution < 1.29 is 23.5 Å². The average Bonchev–Trinajstić information content (AvgIpc) is 2.75. The molecular formula is C22H23FN2O4. The van der Waals surface area contributed by atoms with Gasteiger partial charge in [0.05, 0.1) is 19.1 Å². The molecule has 0 spiro atoms. The normalized spacial score (nSPS) is 14.3. The van der Waals surface area contributed by atoms with E-state index in [2.05, 4.69) is 10.1 Å². The molecule has 0 radical (unpaired) electrons. The summed E-state index contributed by atoms with van der Waals surface area (Å²) in [5.41, 5.74) is 1.39. The Hall–Kier alpha value is -3.22. The molecule has 1 fully saturated rings. The predicted octanol–water partition coefficient (Wildman–Crippen LogP) is 3.03. The minimum absolute atomic E-state index is 0.0239. The third kappa shape index (κ3) is 5.19. The van der Waals surface area contributed by atoms with Crippen molar-refractivity contribution in [2.75, 3.05) is 25.5 Å². The fraction of sp³-hybridized carbons (Fsp3) is 0.318. The Balaban J connectivity index is 1.49. The van der Waals surface area contributed by atoms with Crippen LogP contribution in [0, 0.1) is 11.7 Å². The molecule has 2 amide bonds.